The predicted molar refractivity (Wildman–Crippen MR) is 83.2 cm³/mol. The van der Waals surface area contributed by atoms with Crippen molar-refractivity contribution in [3.8, 4) is 0 Å². The van der Waals surface area contributed by atoms with E-state index < -0.39 is 0 Å². The first-order valence-corrected chi connectivity index (χ1v) is 6.97. The van der Waals surface area contributed by atoms with Gasteiger partial charge in [0.15, 0.2) is 0 Å². The Labute approximate surface area is 116 Å². The lowest BCUT2D eigenvalue weighted by atomic mass is 9.91. The van der Waals surface area contributed by atoms with E-state index in [0.29, 0.717) is 12.0 Å². The van der Waals surface area contributed by atoms with Crippen LogP contribution in [0.25, 0.3) is 10.8 Å². The van der Waals surface area contributed by atoms with Crippen LogP contribution in [-0.4, -0.2) is 25.5 Å². The summed E-state index contributed by atoms with van der Waals surface area (Å²) in [5, 5.41) is 2.67. The van der Waals surface area contributed by atoms with Crippen molar-refractivity contribution < 1.29 is 0 Å². The molecule has 0 saturated carbocycles. The molecule has 2 N–H and O–H groups in total. The highest BCUT2D eigenvalue weighted by Gasteiger charge is 2.18. The second-order valence-corrected chi connectivity index (χ2v) is 5.62. The minimum atomic E-state index is 0.421. The molecule has 19 heavy (non-hydrogen) atoms. The molecule has 0 radical (unpaired) electrons. The SMILES string of the molecule is CC(CN)CC(c1cccc2ccccc12)N(C)C. The summed E-state index contributed by atoms with van der Waals surface area (Å²) in [4.78, 5) is 2.30. The molecule has 0 heterocycles. The first kappa shape index (κ1) is 14.0. The minimum absolute atomic E-state index is 0.421. The highest BCUT2D eigenvalue weighted by atomic mass is 15.1. The monoisotopic (exact) mass is 256 g/mol. The van der Waals surface area contributed by atoms with Crippen LogP contribution < -0.4 is 5.73 Å². The summed E-state index contributed by atoms with van der Waals surface area (Å²) in [7, 11) is 4.30. The van der Waals surface area contributed by atoms with E-state index in [2.05, 4.69) is 68.4 Å². The Bertz CT molecular complexity index is 528. The number of nitrogens with zero attached hydrogens (tertiary/aromatic N) is 1. The van der Waals surface area contributed by atoms with Gasteiger partial charge < -0.3 is 10.6 Å². The third-order valence-corrected chi connectivity index (χ3v) is 3.83. The van der Waals surface area contributed by atoms with Crippen molar-refractivity contribution in [3.05, 3.63) is 48.0 Å². The molecule has 0 aliphatic rings. The van der Waals surface area contributed by atoms with E-state index in [-0.39, 0.29) is 0 Å². The molecule has 2 atom stereocenters. The lowest BCUT2D eigenvalue weighted by molar-refractivity contribution is 0.257. The quantitative estimate of drug-likeness (QED) is 0.888. The van der Waals surface area contributed by atoms with Crippen molar-refractivity contribution in [2.75, 3.05) is 20.6 Å². The lowest BCUT2D eigenvalue weighted by Crippen LogP contribution is -2.24. The van der Waals surface area contributed by atoms with Crippen molar-refractivity contribution in [1.29, 1.82) is 0 Å². The molecule has 2 aromatic rings. The normalized spacial score (nSPS) is 14.8. The van der Waals surface area contributed by atoms with Crippen LogP contribution >= 0.6 is 0 Å². The van der Waals surface area contributed by atoms with Gasteiger partial charge in [-0.25, -0.2) is 0 Å². The van der Waals surface area contributed by atoms with Crippen LogP contribution in [0.2, 0.25) is 0 Å². The van der Waals surface area contributed by atoms with Crippen LogP contribution in [0.1, 0.15) is 24.9 Å². The standard InChI is InChI=1S/C17H24N2/c1-13(12-18)11-17(19(2)3)16-10-6-8-14-7-4-5-9-15(14)16/h4-10,13,17H,11-12,18H2,1-3H3. The minimum Gasteiger partial charge on any atom is -0.330 e. The van der Waals surface area contributed by atoms with Crippen LogP contribution in [-0.2, 0) is 0 Å². The van der Waals surface area contributed by atoms with Gasteiger partial charge in [-0.15, -0.1) is 0 Å². The molecule has 0 spiro atoms. The van der Waals surface area contributed by atoms with E-state index in [1.54, 1.807) is 0 Å². The fourth-order valence-corrected chi connectivity index (χ4v) is 2.63. The van der Waals surface area contributed by atoms with E-state index >= 15 is 0 Å². The van der Waals surface area contributed by atoms with E-state index in [9.17, 15) is 0 Å². The van der Waals surface area contributed by atoms with Gasteiger partial charge in [-0.1, -0.05) is 49.4 Å². The van der Waals surface area contributed by atoms with Crippen molar-refractivity contribution in [2.45, 2.75) is 19.4 Å². The first-order chi connectivity index (χ1) is 9.13. The molecule has 2 unspecified atom stereocenters. The van der Waals surface area contributed by atoms with Gasteiger partial charge in [0.05, 0.1) is 0 Å². The van der Waals surface area contributed by atoms with Gasteiger partial charge in [-0.05, 0) is 49.3 Å². The van der Waals surface area contributed by atoms with Gasteiger partial charge in [-0.2, -0.15) is 0 Å². The number of fused-ring (bicyclic) bond motifs is 1. The molecular formula is C17H24N2. The maximum atomic E-state index is 5.79. The molecule has 0 aliphatic heterocycles. The molecule has 2 nitrogen and oxygen atoms in total. The Kier molecular flexibility index (Phi) is 4.56. The smallest absolute Gasteiger partial charge is 0.0351 e. The maximum absolute atomic E-state index is 5.79. The van der Waals surface area contributed by atoms with E-state index in [1.807, 2.05) is 0 Å². The molecule has 2 aromatic carbocycles. The number of rotatable bonds is 5. The number of hydrogen-bond donors (Lipinski definition) is 1. The van der Waals surface area contributed by atoms with Gasteiger partial charge in [0, 0.05) is 6.04 Å². The van der Waals surface area contributed by atoms with Crippen molar-refractivity contribution in [3.63, 3.8) is 0 Å². The lowest BCUT2D eigenvalue weighted by Gasteiger charge is -2.28. The van der Waals surface area contributed by atoms with Crippen LogP contribution in [0.3, 0.4) is 0 Å². The zero-order valence-corrected chi connectivity index (χ0v) is 12.1. The fourth-order valence-electron chi connectivity index (χ4n) is 2.63. The van der Waals surface area contributed by atoms with Crippen molar-refractivity contribution >= 4 is 10.8 Å². The van der Waals surface area contributed by atoms with Gasteiger partial charge in [0.25, 0.3) is 0 Å². The van der Waals surface area contributed by atoms with E-state index in [4.69, 9.17) is 5.73 Å². The van der Waals surface area contributed by atoms with Gasteiger partial charge in [0.1, 0.15) is 0 Å². The second-order valence-electron chi connectivity index (χ2n) is 5.62. The summed E-state index contributed by atoms with van der Waals surface area (Å²) in [6, 6.07) is 15.6. The summed E-state index contributed by atoms with van der Waals surface area (Å²) in [5.74, 6) is 0.534. The van der Waals surface area contributed by atoms with Crippen molar-refractivity contribution in [2.24, 2.45) is 11.7 Å². The zero-order valence-electron chi connectivity index (χ0n) is 12.1. The largest absolute Gasteiger partial charge is 0.330 e. The van der Waals surface area contributed by atoms with E-state index in [1.165, 1.54) is 16.3 Å². The second kappa shape index (κ2) is 6.18. The van der Waals surface area contributed by atoms with Gasteiger partial charge in [0.2, 0.25) is 0 Å². The molecule has 0 bridgehead atoms. The third kappa shape index (κ3) is 3.14. The summed E-state index contributed by atoms with van der Waals surface area (Å²) in [6.07, 6.45) is 1.09. The third-order valence-electron chi connectivity index (χ3n) is 3.83. The summed E-state index contributed by atoms with van der Waals surface area (Å²) in [6.45, 7) is 2.97. The van der Waals surface area contributed by atoms with Crippen LogP contribution in [0.5, 0.6) is 0 Å². The number of benzene rings is 2. The average Bonchev–Trinajstić information content (AvgIpc) is 2.43. The molecule has 0 amide bonds. The molecule has 0 fully saturated rings. The molecule has 0 aliphatic carbocycles. The Morgan fingerprint density at radius 1 is 1.05 bits per heavy atom. The van der Waals surface area contributed by atoms with E-state index in [0.717, 1.165) is 13.0 Å². The van der Waals surface area contributed by atoms with Crippen molar-refractivity contribution in [1.82, 2.24) is 4.90 Å². The fraction of sp³-hybridized carbons (Fsp3) is 0.412. The van der Waals surface area contributed by atoms with Crippen LogP contribution in [0.15, 0.2) is 42.5 Å². The van der Waals surface area contributed by atoms with Crippen LogP contribution in [0.4, 0.5) is 0 Å². The molecule has 2 rings (SSSR count). The predicted octanol–water partition coefficient (Wildman–Crippen LogP) is 3.43. The molecule has 0 aromatic heterocycles. The Morgan fingerprint density at radius 3 is 2.42 bits per heavy atom. The molecular weight excluding hydrogens is 232 g/mol. The first-order valence-electron chi connectivity index (χ1n) is 6.97. The highest BCUT2D eigenvalue weighted by molar-refractivity contribution is 5.86. The average molecular weight is 256 g/mol. The van der Waals surface area contributed by atoms with Gasteiger partial charge >= 0.3 is 0 Å². The number of nitrogens with two attached hydrogens (primary N) is 1. The summed E-state index contributed by atoms with van der Waals surface area (Å²) < 4.78 is 0. The highest BCUT2D eigenvalue weighted by Crippen LogP contribution is 2.31. The zero-order chi connectivity index (χ0) is 13.8. The maximum Gasteiger partial charge on any atom is 0.0351 e. The Morgan fingerprint density at radius 2 is 1.74 bits per heavy atom. The molecule has 0 saturated heterocycles. The topological polar surface area (TPSA) is 29.3 Å². The Balaban J connectivity index is 2.44. The molecule has 102 valence electrons. The Hall–Kier alpha value is -1.38. The van der Waals surface area contributed by atoms with Gasteiger partial charge in [-0.3, -0.25) is 0 Å². The number of hydrogen-bond acceptors (Lipinski definition) is 2. The van der Waals surface area contributed by atoms with Crippen LogP contribution in [0, 0.1) is 5.92 Å². The molecule has 2 heteroatoms. The summed E-state index contributed by atoms with van der Waals surface area (Å²) in [5.41, 5.74) is 7.20. The summed E-state index contributed by atoms with van der Waals surface area (Å²) >= 11 is 0.